The predicted molar refractivity (Wildman–Crippen MR) is 112 cm³/mol. The van der Waals surface area contributed by atoms with Crippen LogP contribution in [0.15, 0.2) is 0 Å². The van der Waals surface area contributed by atoms with Gasteiger partial charge in [0.1, 0.15) is 5.82 Å². The molecule has 2 aliphatic heterocycles. The van der Waals surface area contributed by atoms with Crippen LogP contribution in [0, 0.1) is 11.3 Å². The number of carbonyl (C=O) groups excluding carboxylic acids is 1. The Balaban J connectivity index is 1.38. The van der Waals surface area contributed by atoms with E-state index in [1.807, 2.05) is 20.8 Å². The number of nitrogens with zero attached hydrogens (tertiary/aromatic N) is 4. The average molecular weight is 387 g/mol. The first-order chi connectivity index (χ1) is 13.3. The van der Waals surface area contributed by atoms with Crippen LogP contribution in [0.25, 0.3) is 0 Å². The third-order valence-electron chi connectivity index (χ3n) is 7.11. The van der Waals surface area contributed by atoms with Crippen molar-refractivity contribution in [2.75, 3.05) is 26.2 Å². The highest BCUT2D eigenvalue weighted by molar-refractivity contribution is 5.81. The Labute approximate surface area is 170 Å². The molecule has 2 saturated heterocycles. The standard InChI is InChI=1S/C23H38N4O/c1-23(2,3)22(28)26-14-11-17(12-15-26)16-27-13-7-10-20(27)21-24-18-8-5-6-9-19(18)25(21)4/h17,20H,5-16H2,1-4H3/t20-/m1/s1. The maximum Gasteiger partial charge on any atom is 0.227 e. The molecule has 1 aliphatic carbocycles. The molecule has 3 heterocycles. The Bertz CT molecular complexity index is 709. The fourth-order valence-electron chi connectivity index (χ4n) is 5.47. The summed E-state index contributed by atoms with van der Waals surface area (Å²) in [6, 6.07) is 0.491. The van der Waals surface area contributed by atoms with E-state index in [1.165, 1.54) is 62.4 Å². The number of aromatic nitrogens is 2. The molecular formula is C23H38N4O. The quantitative estimate of drug-likeness (QED) is 0.795. The monoisotopic (exact) mass is 386 g/mol. The largest absolute Gasteiger partial charge is 0.342 e. The van der Waals surface area contributed by atoms with Crippen molar-refractivity contribution < 1.29 is 4.79 Å². The van der Waals surface area contributed by atoms with Gasteiger partial charge in [-0.3, -0.25) is 9.69 Å². The first-order valence-electron chi connectivity index (χ1n) is 11.4. The molecule has 156 valence electrons. The number of hydrogen-bond donors (Lipinski definition) is 0. The summed E-state index contributed by atoms with van der Waals surface area (Å²) in [5.74, 6) is 2.33. The molecule has 28 heavy (non-hydrogen) atoms. The Kier molecular flexibility index (Phi) is 5.56. The predicted octanol–water partition coefficient (Wildman–Crippen LogP) is 3.72. The maximum absolute atomic E-state index is 12.5. The lowest BCUT2D eigenvalue weighted by atomic mass is 9.90. The number of amides is 1. The smallest absolute Gasteiger partial charge is 0.227 e. The number of hydrogen-bond acceptors (Lipinski definition) is 3. The van der Waals surface area contributed by atoms with Crippen molar-refractivity contribution in [2.45, 2.75) is 78.2 Å². The Hall–Kier alpha value is -1.36. The number of piperidine rings is 1. The molecule has 1 amide bonds. The lowest BCUT2D eigenvalue weighted by Crippen LogP contribution is -2.45. The molecule has 1 aromatic heterocycles. The van der Waals surface area contributed by atoms with Crippen molar-refractivity contribution in [3.63, 3.8) is 0 Å². The third-order valence-corrected chi connectivity index (χ3v) is 7.11. The number of aryl methyl sites for hydroxylation is 1. The summed E-state index contributed by atoms with van der Waals surface area (Å²) in [6.07, 6.45) is 9.77. The summed E-state index contributed by atoms with van der Waals surface area (Å²) >= 11 is 0. The van der Waals surface area contributed by atoms with Crippen molar-refractivity contribution in [3.8, 4) is 0 Å². The van der Waals surface area contributed by atoms with E-state index in [-0.39, 0.29) is 5.41 Å². The molecule has 0 radical (unpaired) electrons. The van der Waals surface area contributed by atoms with Crippen molar-refractivity contribution in [3.05, 3.63) is 17.2 Å². The molecule has 4 rings (SSSR count). The van der Waals surface area contributed by atoms with E-state index >= 15 is 0 Å². The van der Waals surface area contributed by atoms with E-state index in [0.29, 0.717) is 17.9 Å². The van der Waals surface area contributed by atoms with Crippen LogP contribution in [0.5, 0.6) is 0 Å². The number of likely N-dealkylation sites (tertiary alicyclic amines) is 2. The minimum Gasteiger partial charge on any atom is -0.342 e. The van der Waals surface area contributed by atoms with Crippen molar-refractivity contribution in [2.24, 2.45) is 18.4 Å². The second-order valence-corrected chi connectivity index (χ2v) is 10.3. The van der Waals surface area contributed by atoms with Gasteiger partial charge in [-0.1, -0.05) is 20.8 Å². The van der Waals surface area contributed by atoms with Gasteiger partial charge in [-0.15, -0.1) is 0 Å². The number of rotatable bonds is 3. The number of carbonyl (C=O) groups is 1. The Morgan fingerprint density at radius 1 is 1.04 bits per heavy atom. The van der Waals surface area contributed by atoms with Gasteiger partial charge in [0.2, 0.25) is 5.91 Å². The second kappa shape index (κ2) is 7.81. The minimum atomic E-state index is -0.260. The molecule has 1 aromatic rings. The normalized spacial score (nSPS) is 24.6. The summed E-state index contributed by atoms with van der Waals surface area (Å²) < 4.78 is 2.42. The second-order valence-electron chi connectivity index (χ2n) is 10.3. The van der Waals surface area contributed by atoms with E-state index in [0.717, 1.165) is 32.4 Å². The number of fused-ring (bicyclic) bond motifs is 1. The molecule has 0 unspecified atom stereocenters. The molecule has 0 saturated carbocycles. The zero-order valence-electron chi connectivity index (χ0n) is 18.3. The molecule has 0 bridgehead atoms. The molecule has 1 atom stereocenters. The zero-order valence-corrected chi connectivity index (χ0v) is 18.3. The molecule has 0 aromatic carbocycles. The number of imidazole rings is 1. The van der Waals surface area contributed by atoms with Crippen LogP contribution in [0.1, 0.15) is 82.6 Å². The van der Waals surface area contributed by atoms with Gasteiger partial charge in [-0.05, 0) is 63.8 Å². The van der Waals surface area contributed by atoms with Crippen LogP contribution in [0.3, 0.4) is 0 Å². The van der Waals surface area contributed by atoms with Crippen LogP contribution < -0.4 is 0 Å². The van der Waals surface area contributed by atoms with Crippen molar-refractivity contribution >= 4 is 5.91 Å². The van der Waals surface area contributed by atoms with Gasteiger partial charge in [0.25, 0.3) is 0 Å². The summed E-state index contributed by atoms with van der Waals surface area (Å²) in [7, 11) is 2.24. The molecule has 0 spiro atoms. The van der Waals surface area contributed by atoms with Gasteiger partial charge in [0, 0.05) is 37.8 Å². The lowest BCUT2D eigenvalue weighted by Gasteiger charge is -2.37. The fraction of sp³-hybridized carbons (Fsp3) is 0.826. The van der Waals surface area contributed by atoms with E-state index in [9.17, 15) is 4.79 Å². The Morgan fingerprint density at radius 2 is 1.75 bits per heavy atom. The summed E-state index contributed by atoms with van der Waals surface area (Å²) in [6.45, 7) is 10.3. The fourth-order valence-corrected chi connectivity index (χ4v) is 5.47. The van der Waals surface area contributed by atoms with E-state index in [1.54, 1.807) is 0 Å². The van der Waals surface area contributed by atoms with Gasteiger partial charge < -0.3 is 9.47 Å². The summed E-state index contributed by atoms with van der Waals surface area (Å²) in [5.41, 5.74) is 2.59. The van der Waals surface area contributed by atoms with Crippen LogP contribution in [0.2, 0.25) is 0 Å². The average Bonchev–Trinajstić information content (AvgIpc) is 3.25. The van der Waals surface area contributed by atoms with Gasteiger partial charge >= 0.3 is 0 Å². The van der Waals surface area contributed by atoms with E-state index in [2.05, 4.69) is 21.4 Å². The zero-order chi connectivity index (χ0) is 19.9. The van der Waals surface area contributed by atoms with E-state index < -0.39 is 0 Å². The first kappa shape index (κ1) is 19.9. The highest BCUT2D eigenvalue weighted by atomic mass is 16.2. The SMILES string of the molecule is Cn1c([C@H]2CCCN2CC2CCN(C(=O)C(C)(C)C)CC2)nc2c1CCCC2. The van der Waals surface area contributed by atoms with Crippen LogP contribution in [-0.2, 0) is 24.7 Å². The van der Waals surface area contributed by atoms with Crippen LogP contribution in [0.4, 0.5) is 0 Å². The first-order valence-corrected chi connectivity index (χ1v) is 11.4. The van der Waals surface area contributed by atoms with Gasteiger partial charge in [0.05, 0.1) is 11.7 Å². The van der Waals surface area contributed by atoms with Gasteiger partial charge in [0.15, 0.2) is 0 Å². The van der Waals surface area contributed by atoms with Crippen molar-refractivity contribution in [1.29, 1.82) is 0 Å². The third kappa shape index (κ3) is 3.87. The van der Waals surface area contributed by atoms with Gasteiger partial charge in [-0.2, -0.15) is 0 Å². The molecule has 5 heteroatoms. The molecule has 2 fully saturated rings. The highest BCUT2D eigenvalue weighted by Crippen LogP contribution is 2.35. The Morgan fingerprint density at radius 3 is 2.43 bits per heavy atom. The maximum atomic E-state index is 12.5. The molecular weight excluding hydrogens is 348 g/mol. The molecule has 5 nitrogen and oxygen atoms in total. The minimum absolute atomic E-state index is 0.260. The summed E-state index contributed by atoms with van der Waals surface area (Å²) in [4.78, 5) is 22.4. The topological polar surface area (TPSA) is 41.4 Å². The van der Waals surface area contributed by atoms with Crippen LogP contribution in [-0.4, -0.2) is 51.4 Å². The molecule has 3 aliphatic rings. The van der Waals surface area contributed by atoms with Crippen LogP contribution >= 0.6 is 0 Å². The lowest BCUT2D eigenvalue weighted by molar-refractivity contribution is -0.141. The molecule has 0 N–H and O–H groups in total. The summed E-state index contributed by atoms with van der Waals surface area (Å²) in [5, 5.41) is 0. The van der Waals surface area contributed by atoms with E-state index in [4.69, 9.17) is 4.98 Å². The van der Waals surface area contributed by atoms with Crippen molar-refractivity contribution in [1.82, 2.24) is 19.4 Å². The highest BCUT2D eigenvalue weighted by Gasteiger charge is 2.35. The van der Waals surface area contributed by atoms with Gasteiger partial charge in [-0.25, -0.2) is 4.98 Å².